The number of hydrogen-bond acceptors (Lipinski definition) is 2. The minimum Gasteiger partial charge on any atom is -0.260 e. The van der Waals surface area contributed by atoms with Crippen LogP contribution < -0.4 is 4.72 Å². The van der Waals surface area contributed by atoms with Crippen molar-refractivity contribution in [2.75, 3.05) is 6.54 Å². The maximum Gasteiger partial charge on any atom is 0.0224 e. The van der Waals surface area contributed by atoms with Crippen molar-refractivity contribution >= 4 is 11.9 Å². The lowest BCUT2D eigenvalue weighted by Gasteiger charge is -2.03. The third-order valence-electron chi connectivity index (χ3n) is 2.24. The van der Waals surface area contributed by atoms with E-state index in [4.69, 9.17) is 0 Å². The Hall–Kier alpha value is -0.470. The maximum absolute atomic E-state index is 3.38. The number of allylic oxidation sites excluding steroid dienone is 5. The largest absolute Gasteiger partial charge is 0.260 e. The van der Waals surface area contributed by atoms with Crippen molar-refractivity contribution < 1.29 is 0 Å². The fourth-order valence-electron chi connectivity index (χ4n) is 1.01. The predicted octanol–water partition coefficient (Wildman–Crippen LogP) is 4.84. The van der Waals surface area contributed by atoms with Gasteiger partial charge < -0.3 is 0 Å². The van der Waals surface area contributed by atoms with Gasteiger partial charge in [0.15, 0.2) is 0 Å². The molecule has 0 aliphatic rings. The van der Waals surface area contributed by atoms with E-state index in [-0.39, 0.29) is 0 Å². The van der Waals surface area contributed by atoms with Crippen molar-refractivity contribution in [3.63, 3.8) is 0 Å². The van der Waals surface area contributed by atoms with Gasteiger partial charge in [-0.1, -0.05) is 44.1 Å². The molecule has 0 amide bonds. The average molecular weight is 239 g/mol. The Bertz CT molecular complexity index is 251. The Labute approximate surface area is 105 Å². The lowest BCUT2D eigenvalue weighted by atomic mass is 10.2. The van der Waals surface area contributed by atoms with Crippen LogP contribution in [0.1, 0.15) is 47.0 Å². The van der Waals surface area contributed by atoms with Gasteiger partial charge in [-0.25, -0.2) is 0 Å². The van der Waals surface area contributed by atoms with Crippen LogP contribution in [0.5, 0.6) is 0 Å². The van der Waals surface area contributed by atoms with E-state index < -0.39 is 0 Å². The van der Waals surface area contributed by atoms with E-state index in [1.54, 1.807) is 11.9 Å². The van der Waals surface area contributed by atoms with Gasteiger partial charge in [0.2, 0.25) is 0 Å². The summed E-state index contributed by atoms with van der Waals surface area (Å²) in [5, 5.41) is 0. The standard InChI is InChI=1S/C14H25NS/c1-5-8-12-15-16-14(9-6-2)11-10-13(4)7-3/h6,9-11,15H,5,7-8,12H2,1-4H3. The quantitative estimate of drug-likeness (QED) is 0.369. The zero-order valence-electron chi connectivity index (χ0n) is 11.0. The van der Waals surface area contributed by atoms with Gasteiger partial charge in [0.05, 0.1) is 0 Å². The van der Waals surface area contributed by atoms with Crippen LogP contribution in [-0.2, 0) is 0 Å². The summed E-state index contributed by atoms with van der Waals surface area (Å²) in [7, 11) is 0. The van der Waals surface area contributed by atoms with Crippen LogP contribution in [0.2, 0.25) is 0 Å². The molecule has 0 rings (SSSR count). The second-order valence-electron chi connectivity index (χ2n) is 3.79. The average Bonchev–Trinajstić information content (AvgIpc) is 2.30. The molecule has 0 unspecified atom stereocenters. The Balaban J connectivity index is 4.16. The van der Waals surface area contributed by atoms with Gasteiger partial charge >= 0.3 is 0 Å². The van der Waals surface area contributed by atoms with Gasteiger partial charge in [-0.05, 0) is 44.7 Å². The minimum atomic E-state index is 1.08. The molecule has 0 atom stereocenters. The molecule has 0 radical (unpaired) electrons. The smallest absolute Gasteiger partial charge is 0.0224 e. The molecular weight excluding hydrogens is 214 g/mol. The number of hydrogen-bond donors (Lipinski definition) is 1. The van der Waals surface area contributed by atoms with Gasteiger partial charge in [-0.3, -0.25) is 4.72 Å². The molecule has 0 aliphatic carbocycles. The second kappa shape index (κ2) is 11.0. The third kappa shape index (κ3) is 8.81. The van der Waals surface area contributed by atoms with Gasteiger partial charge in [-0.15, -0.1) is 0 Å². The lowest BCUT2D eigenvalue weighted by Crippen LogP contribution is -2.04. The van der Waals surface area contributed by atoms with E-state index in [0.29, 0.717) is 0 Å². The third-order valence-corrected chi connectivity index (χ3v) is 3.10. The van der Waals surface area contributed by atoms with Crippen molar-refractivity contribution in [1.82, 2.24) is 4.72 Å². The first-order valence-corrected chi connectivity index (χ1v) is 6.96. The molecule has 0 bridgehead atoms. The van der Waals surface area contributed by atoms with E-state index in [9.17, 15) is 0 Å². The molecule has 0 spiro atoms. The summed E-state index contributed by atoms with van der Waals surface area (Å²) in [4.78, 5) is 1.27. The molecule has 0 saturated carbocycles. The zero-order chi connectivity index (χ0) is 12.2. The van der Waals surface area contributed by atoms with Crippen LogP contribution in [0.25, 0.3) is 0 Å². The highest BCUT2D eigenvalue weighted by atomic mass is 32.2. The molecule has 0 aliphatic heterocycles. The summed E-state index contributed by atoms with van der Waals surface area (Å²) in [6.45, 7) is 9.69. The van der Waals surface area contributed by atoms with Crippen LogP contribution in [0.15, 0.2) is 34.8 Å². The van der Waals surface area contributed by atoms with E-state index in [0.717, 1.165) is 13.0 Å². The molecule has 1 nitrogen and oxygen atoms in total. The highest BCUT2D eigenvalue weighted by Crippen LogP contribution is 2.14. The maximum atomic E-state index is 3.38. The second-order valence-corrected chi connectivity index (χ2v) is 4.75. The molecule has 0 saturated heterocycles. The molecule has 16 heavy (non-hydrogen) atoms. The Morgan fingerprint density at radius 2 is 2.00 bits per heavy atom. The first kappa shape index (κ1) is 15.5. The van der Waals surface area contributed by atoms with Crippen LogP contribution in [-0.4, -0.2) is 6.54 Å². The van der Waals surface area contributed by atoms with Gasteiger partial charge in [0, 0.05) is 11.4 Å². The Morgan fingerprint density at radius 3 is 2.56 bits per heavy atom. The summed E-state index contributed by atoms with van der Waals surface area (Å²) < 4.78 is 3.38. The monoisotopic (exact) mass is 239 g/mol. The summed E-state index contributed by atoms with van der Waals surface area (Å²) in [6, 6.07) is 0. The van der Waals surface area contributed by atoms with Crippen LogP contribution in [0, 0.1) is 0 Å². The first-order valence-electron chi connectivity index (χ1n) is 6.14. The van der Waals surface area contributed by atoms with Crippen molar-refractivity contribution in [2.45, 2.75) is 47.0 Å². The van der Waals surface area contributed by atoms with Gasteiger partial charge in [0.25, 0.3) is 0 Å². The Kier molecular flexibility index (Phi) is 10.7. The number of unbranched alkanes of at least 4 members (excludes halogenated alkanes) is 1. The molecule has 1 N–H and O–H groups in total. The van der Waals surface area contributed by atoms with E-state index in [1.165, 1.54) is 23.3 Å². The van der Waals surface area contributed by atoms with E-state index >= 15 is 0 Å². The molecule has 0 aromatic carbocycles. The van der Waals surface area contributed by atoms with Crippen LogP contribution in [0.3, 0.4) is 0 Å². The van der Waals surface area contributed by atoms with Crippen molar-refractivity contribution in [3.05, 3.63) is 34.8 Å². The first-order chi connectivity index (χ1) is 7.74. The summed E-state index contributed by atoms with van der Waals surface area (Å²) >= 11 is 1.72. The van der Waals surface area contributed by atoms with Crippen LogP contribution in [0.4, 0.5) is 0 Å². The summed E-state index contributed by atoms with van der Waals surface area (Å²) in [5.74, 6) is 0. The minimum absolute atomic E-state index is 1.08. The zero-order valence-corrected chi connectivity index (χ0v) is 11.9. The van der Waals surface area contributed by atoms with Crippen molar-refractivity contribution in [3.8, 4) is 0 Å². The normalized spacial score (nSPS) is 13.8. The number of rotatable bonds is 8. The molecule has 0 aromatic heterocycles. The molecule has 2 heteroatoms. The van der Waals surface area contributed by atoms with E-state index in [1.807, 2.05) is 0 Å². The van der Waals surface area contributed by atoms with E-state index in [2.05, 4.69) is 56.7 Å². The highest BCUT2D eigenvalue weighted by Gasteiger charge is 1.92. The van der Waals surface area contributed by atoms with Crippen LogP contribution >= 0.6 is 11.9 Å². The van der Waals surface area contributed by atoms with Crippen molar-refractivity contribution in [2.24, 2.45) is 0 Å². The van der Waals surface area contributed by atoms with Crippen molar-refractivity contribution in [1.29, 1.82) is 0 Å². The summed E-state index contributed by atoms with van der Waals surface area (Å²) in [6.07, 6.45) is 12.2. The van der Waals surface area contributed by atoms with Gasteiger partial charge in [-0.2, -0.15) is 0 Å². The SMILES string of the molecule is CC=CC(=CC=C(C)CC)SNCCCC. The fraction of sp³-hybridized carbons (Fsp3) is 0.571. The summed E-state index contributed by atoms with van der Waals surface area (Å²) in [5.41, 5.74) is 1.41. The number of nitrogens with one attached hydrogen (secondary N) is 1. The molecule has 0 heterocycles. The molecule has 92 valence electrons. The predicted molar refractivity (Wildman–Crippen MR) is 77.4 cm³/mol. The fourth-order valence-corrected chi connectivity index (χ4v) is 1.77. The lowest BCUT2D eigenvalue weighted by molar-refractivity contribution is 0.777. The molecule has 0 aromatic rings. The Morgan fingerprint density at radius 1 is 1.25 bits per heavy atom. The highest BCUT2D eigenvalue weighted by molar-refractivity contribution is 8.01. The molecular formula is C14H25NS. The van der Waals surface area contributed by atoms with Gasteiger partial charge in [0.1, 0.15) is 0 Å². The molecule has 0 fully saturated rings. The topological polar surface area (TPSA) is 12.0 Å².